The number of ether oxygens (including phenoxy) is 1. The van der Waals surface area contributed by atoms with Gasteiger partial charge in [0.1, 0.15) is 5.75 Å². The van der Waals surface area contributed by atoms with E-state index in [4.69, 9.17) is 9.84 Å². The van der Waals surface area contributed by atoms with Crippen molar-refractivity contribution in [2.75, 3.05) is 6.61 Å². The zero-order valence-electron chi connectivity index (χ0n) is 10.4. The van der Waals surface area contributed by atoms with E-state index in [1.165, 1.54) is 0 Å². The number of carboxylic acids is 1. The van der Waals surface area contributed by atoms with E-state index in [0.717, 1.165) is 11.3 Å². The van der Waals surface area contributed by atoms with Crippen molar-refractivity contribution < 1.29 is 14.6 Å². The largest absolute Gasteiger partial charge is 0.494 e. The van der Waals surface area contributed by atoms with E-state index in [2.05, 4.69) is 0 Å². The lowest BCUT2D eigenvalue weighted by Crippen LogP contribution is -2.03. The number of carbonyl (C=O) groups is 1. The normalized spacial score (nSPS) is 25.4. The maximum Gasteiger partial charge on any atom is 0.307 e. The van der Waals surface area contributed by atoms with Gasteiger partial charge in [-0.25, -0.2) is 0 Å². The van der Waals surface area contributed by atoms with Crippen LogP contribution in [0.1, 0.15) is 32.3 Å². The third kappa shape index (κ3) is 2.02. The van der Waals surface area contributed by atoms with Crippen molar-refractivity contribution in [3.05, 3.63) is 29.8 Å². The molecule has 1 aliphatic carbocycles. The topological polar surface area (TPSA) is 46.5 Å². The highest BCUT2D eigenvalue weighted by atomic mass is 16.5. The Morgan fingerprint density at radius 3 is 2.35 bits per heavy atom. The smallest absolute Gasteiger partial charge is 0.307 e. The number of carboxylic acid groups (broad SMARTS) is 1. The van der Waals surface area contributed by atoms with E-state index in [-0.39, 0.29) is 17.3 Å². The first kappa shape index (κ1) is 12.0. The van der Waals surface area contributed by atoms with Crippen molar-refractivity contribution in [3.8, 4) is 5.75 Å². The summed E-state index contributed by atoms with van der Waals surface area (Å²) >= 11 is 0. The van der Waals surface area contributed by atoms with Crippen molar-refractivity contribution >= 4 is 5.97 Å². The van der Waals surface area contributed by atoms with Gasteiger partial charge in [-0.15, -0.1) is 0 Å². The highest BCUT2D eigenvalue weighted by molar-refractivity contribution is 5.77. The van der Waals surface area contributed by atoms with Crippen LogP contribution < -0.4 is 4.74 Å². The van der Waals surface area contributed by atoms with E-state index in [9.17, 15) is 4.79 Å². The second-order valence-corrected chi connectivity index (χ2v) is 5.12. The molecule has 2 atom stereocenters. The number of benzene rings is 1. The van der Waals surface area contributed by atoms with Crippen molar-refractivity contribution in [2.24, 2.45) is 11.3 Å². The van der Waals surface area contributed by atoms with Crippen LogP contribution in [-0.2, 0) is 4.79 Å². The van der Waals surface area contributed by atoms with E-state index < -0.39 is 5.97 Å². The van der Waals surface area contributed by atoms with Gasteiger partial charge in [0.25, 0.3) is 0 Å². The van der Waals surface area contributed by atoms with E-state index in [1.54, 1.807) is 0 Å². The Morgan fingerprint density at radius 1 is 1.35 bits per heavy atom. The number of hydrogen-bond donors (Lipinski definition) is 1. The van der Waals surface area contributed by atoms with E-state index in [1.807, 2.05) is 45.0 Å². The van der Waals surface area contributed by atoms with Crippen molar-refractivity contribution in [2.45, 2.75) is 26.7 Å². The number of rotatable bonds is 4. The summed E-state index contributed by atoms with van der Waals surface area (Å²) in [5.41, 5.74) is 0.949. The van der Waals surface area contributed by atoms with Crippen LogP contribution in [-0.4, -0.2) is 17.7 Å². The van der Waals surface area contributed by atoms with Gasteiger partial charge in [-0.2, -0.15) is 0 Å². The molecular formula is C14H18O3. The average Bonchev–Trinajstić information content (AvgIpc) is 2.83. The van der Waals surface area contributed by atoms with Gasteiger partial charge in [-0.1, -0.05) is 26.0 Å². The number of aliphatic carboxylic acids is 1. The Balaban J connectivity index is 2.17. The maximum absolute atomic E-state index is 11.1. The Labute approximate surface area is 101 Å². The molecule has 0 saturated heterocycles. The van der Waals surface area contributed by atoms with Crippen LogP contribution in [0.5, 0.6) is 5.75 Å². The fraction of sp³-hybridized carbons (Fsp3) is 0.500. The third-order valence-corrected chi connectivity index (χ3v) is 3.64. The molecule has 1 aromatic rings. The van der Waals surface area contributed by atoms with Crippen molar-refractivity contribution in [1.29, 1.82) is 0 Å². The summed E-state index contributed by atoms with van der Waals surface area (Å²) in [6.07, 6.45) is 0. The van der Waals surface area contributed by atoms with E-state index in [0.29, 0.717) is 6.61 Å². The van der Waals surface area contributed by atoms with Gasteiger partial charge in [-0.3, -0.25) is 4.79 Å². The summed E-state index contributed by atoms with van der Waals surface area (Å²) in [5.74, 6) is -0.00779. The fourth-order valence-corrected chi connectivity index (χ4v) is 2.66. The molecule has 0 amide bonds. The van der Waals surface area contributed by atoms with Crippen molar-refractivity contribution in [3.63, 3.8) is 0 Å². The van der Waals surface area contributed by atoms with Crippen LogP contribution in [0.3, 0.4) is 0 Å². The van der Waals surface area contributed by atoms with Crippen LogP contribution >= 0.6 is 0 Å². The minimum atomic E-state index is -0.700. The molecule has 0 unspecified atom stereocenters. The molecule has 0 heterocycles. The summed E-state index contributed by atoms with van der Waals surface area (Å²) in [4.78, 5) is 11.1. The summed E-state index contributed by atoms with van der Waals surface area (Å²) in [6, 6.07) is 7.76. The molecule has 0 radical (unpaired) electrons. The molecule has 1 saturated carbocycles. The molecule has 3 heteroatoms. The van der Waals surface area contributed by atoms with Crippen LogP contribution in [0.25, 0.3) is 0 Å². The first-order valence-corrected chi connectivity index (χ1v) is 5.94. The Morgan fingerprint density at radius 2 is 1.94 bits per heavy atom. The predicted octanol–water partition coefficient (Wildman–Crippen LogP) is 2.91. The highest BCUT2D eigenvalue weighted by Gasteiger charge is 2.62. The summed E-state index contributed by atoms with van der Waals surface area (Å²) in [5, 5.41) is 9.13. The highest BCUT2D eigenvalue weighted by Crippen LogP contribution is 2.64. The van der Waals surface area contributed by atoms with Gasteiger partial charge in [-0.05, 0) is 30.0 Å². The molecule has 1 aliphatic rings. The molecule has 17 heavy (non-hydrogen) atoms. The molecule has 1 fully saturated rings. The standard InChI is InChI=1S/C14H18O3/c1-4-17-10-7-5-9(6-8-10)11-12(13(15)16)14(11,2)3/h5-8,11-12H,4H2,1-3H3,(H,15,16)/t11-,12+/m0/s1. The van der Waals surface area contributed by atoms with Gasteiger partial charge >= 0.3 is 5.97 Å². The minimum Gasteiger partial charge on any atom is -0.494 e. The molecule has 0 bridgehead atoms. The number of hydrogen-bond acceptors (Lipinski definition) is 2. The molecule has 0 aromatic heterocycles. The van der Waals surface area contributed by atoms with Crippen molar-refractivity contribution in [1.82, 2.24) is 0 Å². The second-order valence-electron chi connectivity index (χ2n) is 5.12. The lowest BCUT2D eigenvalue weighted by atomic mass is 10.0. The van der Waals surface area contributed by atoms with Gasteiger partial charge < -0.3 is 9.84 Å². The molecule has 1 N–H and O–H groups in total. The lowest BCUT2D eigenvalue weighted by molar-refractivity contribution is -0.139. The van der Waals surface area contributed by atoms with Gasteiger partial charge in [0.05, 0.1) is 12.5 Å². The zero-order valence-corrected chi connectivity index (χ0v) is 10.4. The first-order chi connectivity index (χ1) is 7.98. The molecule has 0 spiro atoms. The summed E-state index contributed by atoms with van der Waals surface area (Å²) < 4.78 is 5.37. The average molecular weight is 234 g/mol. The quantitative estimate of drug-likeness (QED) is 0.871. The predicted molar refractivity (Wildman–Crippen MR) is 65.3 cm³/mol. The fourth-order valence-electron chi connectivity index (χ4n) is 2.66. The molecule has 3 nitrogen and oxygen atoms in total. The molecule has 92 valence electrons. The van der Waals surface area contributed by atoms with E-state index >= 15 is 0 Å². The maximum atomic E-state index is 11.1. The van der Waals surface area contributed by atoms with Gasteiger partial charge in [0, 0.05) is 5.92 Å². The Bertz CT molecular complexity index is 420. The van der Waals surface area contributed by atoms with Gasteiger partial charge in [0.2, 0.25) is 0 Å². The first-order valence-electron chi connectivity index (χ1n) is 5.94. The van der Waals surface area contributed by atoms with Crippen LogP contribution in [0.4, 0.5) is 0 Å². The van der Waals surface area contributed by atoms with Crippen LogP contribution in [0.15, 0.2) is 24.3 Å². The summed E-state index contributed by atoms with van der Waals surface area (Å²) in [7, 11) is 0. The van der Waals surface area contributed by atoms with Crippen LogP contribution in [0.2, 0.25) is 0 Å². The lowest BCUT2D eigenvalue weighted by Gasteiger charge is -2.05. The SMILES string of the molecule is CCOc1ccc([C@H]2[C@H](C(=O)O)C2(C)C)cc1. The Kier molecular flexibility index (Phi) is 2.86. The molecular weight excluding hydrogens is 216 g/mol. The van der Waals surface area contributed by atoms with Gasteiger partial charge in [0.15, 0.2) is 0 Å². The Hall–Kier alpha value is -1.51. The third-order valence-electron chi connectivity index (χ3n) is 3.64. The minimum absolute atomic E-state index is 0.121. The molecule has 2 rings (SSSR count). The molecule has 1 aromatic carbocycles. The zero-order chi connectivity index (χ0) is 12.6. The monoisotopic (exact) mass is 234 g/mol. The summed E-state index contributed by atoms with van der Waals surface area (Å²) in [6.45, 7) is 6.60. The van der Waals surface area contributed by atoms with Crippen LogP contribution in [0, 0.1) is 11.3 Å². The second kappa shape index (κ2) is 4.06. The molecule has 0 aliphatic heterocycles.